The fraction of sp³-hybridized carbons (Fsp3) is 0.345. The number of hydrogen-bond acceptors (Lipinski definition) is 6. The lowest BCUT2D eigenvalue weighted by molar-refractivity contribution is -0.140. The van der Waals surface area contributed by atoms with Crippen LogP contribution in [0.3, 0.4) is 0 Å². The third kappa shape index (κ3) is 8.12. The molecule has 2 atom stereocenters. The predicted molar refractivity (Wildman–Crippen MR) is 144 cm³/mol. The maximum atomic E-state index is 13.0. The number of aromatic nitrogens is 1. The second-order valence-corrected chi connectivity index (χ2v) is 9.38. The average Bonchev–Trinajstić information content (AvgIpc) is 2.92. The van der Waals surface area contributed by atoms with Crippen LogP contribution in [0.25, 0.3) is 10.8 Å². The Morgan fingerprint density at radius 1 is 0.895 bits per heavy atom. The third-order valence-electron chi connectivity index (χ3n) is 5.97. The highest BCUT2D eigenvalue weighted by atomic mass is 16.5. The van der Waals surface area contributed by atoms with Crippen molar-refractivity contribution in [3.8, 4) is 0 Å². The molecule has 0 saturated heterocycles. The molecule has 38 heavy (non-hydrogen) atoms. The number of carbonyl (C=O) groups excluding carboxylic acids is 4. The number of ether oxygens (including phenoxy) is 1. The Morgan fingerprint density at radius 2 is 1.61 bits per heavy atom. The molecule has 0 aliphatic heterocycles. The Morgan fingerprint density at radius 3 is 2.32 bits per heavy atom. The number of carbonyl (C=O) groups is 4. The number of pyridine rings is 1. The molecule has 0 aliphatic carbocycles. The maximum Gasteiger partial charge on any atom is 0.408 e. The molecule has 3 N–H and O–H groups in total. The summed E-state index contributed by atoms with van der Waals surface area (Å²) in [5, 5.41) is 9.68. The highest BCUT2D eigenvalue weighted by Gasteiger charge is 2.30. The number of nitrogens with zero attached hydrogens (tertiary/aromatic N) is 1. The summed E-state index contributed by atoms with van der Waals surface area (Å²) < 4.78 is 5.24. The van der Waals surface area contributed by atoms with Crippen LogP contribution in [-0.4, -0.2) is 40.8 Å². The molecule has 1 heterocycles. The van der Waals surface area contributed by atoms with Crippen molar-refractivity contribution in [1.82, 2.24) is 20.9 Å². The van der Waals surface area contributed by atoms with Gasteiger partial charge in [0, 0.05) is 11.6 Å². The van der Waals surface area contributed by atoms with E-state index in [4.69, 9.17) is 4.74 Å². The number of nitrogens with one attached hydrogen (secondary N) is 3. The van der Waals surface area contributed by atoms with Gasteiger partial charge in [0.15, 0.2) is 0 Å². The molecule has 3 aromatic rings. The van der Waals surface area contributed by atoms with E-state index in [9.17, 15) is 19.2 Å². The van der Waals surface area contributed by atoms with Crippen LogP contribution in [0.4, 0.5) is 4.79 Å². The first-order valence-corrected chi connectivity index (χ1v) is 12.7. The largest absolute Gasteiger partial charge is 0.445 e. The Labute approximate surface area is 222 Å². The SMILES string of the molecule is CC[C@H](NC(=O)[C@H](CC(C)C)NC(=O)OCc1ccccc1)C(=O)C(=O)NCc1nccc2ccccc12. The van der Waals surface area contributed by atoms with Crippen LogP contribution < -0.4 is 16.0 Å². The number of alkyl carbamates (subject to hydrolysis) is 1. The molecule has 9 heteroatoms. The second-order valence-electron chi connectivity index (χ2n) is 9.38. The van der Waals surface area contributed by atoms with Gasteiger partial charge in [0.05, 0.1) is 18.3 Å². The summed E-state index contributed by atoms with van der Waals surface area (Å²) in [5.41, 5.74) is 1.45. The van der Waals surface area contributed by atoms with Gasteiger partial charge in [0.1, 0.15) is 12.6 Å². The van der Waals surface area contributed by atoms with Crippen molar-refractivity contribution >= 4 is 34.5 Å². The van der Waals surface area contributed by atoms with Crippen LogP contribution in [0.1, 0.15) is 44.9 Å². The van der Waals surface area contributed by atoms with Gasteiger partial charge in [-0.3, -0.25) is 19.4 Å². The molecule has 200 valence electrons. The molecule has 0 saturated carbocycles. The molecule has 0 unspecified atom stereocenters. The van der Waals surface area contributed by atoms with Crippen molar-refractivity contribution in [3.05, 3.63) is 78.1 Å². The van der Waals surface area contributed by atoms with Crippen molar-refractivity contribution in [2.75, 3.05) is 0 Å². The van der Waals surface area contributed by atoms with E-state index in [1.165, 1.54) is 0 Å². The molecule has 1 aromatic heterocycles. The highest BCUT2D eigenvalue weighted by Crippen LogP contribution is 2.16. The smallest absolute Gasteiger partial charge is 0.408 e. The molecule has 3 amide bonds. The molecular weight excluding hydrogens is 484 g/mol. The number of fused-ring (bicyclic) bond motifs is 1. The highest BCUT2D eigenvalue weighted by molar-refractivity contribution is 6.38. The first kappa shape index (κ1) is 28.3. The van der Waals surface area contributed by atoms with Crippen LogP contribution >= 0.6 is 0 Å². The van der Waals surface area contributed by atoms with Gasteiger partial charge in [-0.25, -0.2) is 4.79 Å². The van der Waals surface area contributed by atoms with E-state index in [1.807, 2.05) is 74.5 Å². The van der Waals surface area contributed by atoms with E-state index in [0.717, 1.165) is 16.3 Å². The normalized spacial score (nSPS) is 12.4. The fourth-order valence-electron chi connectivity index (χ4n) is 3.97. The van der Waals surface area contributed by atoms with Crippen molar-refractivity contribution in [1.29, 1.82) is 0 Å². The topological polar surface area (TPSA) is 126 Å². The van der Waals surface area contributed by atoms with Gasteiger partial charge in [0.25, 0.3) is 5.91 Å². The molecule has 0 fully saturated rings. The lowest BCUT2D eigenvalue weighted by atomic mass is 10.0. The zero-order valence-electron chi connectivity index (χ0n) is 21.9. The van der Waals surface area contributed by atoms with Crippen LogP contribution in [0.2, 0.25) is 0 Å². The number of amides is 3. The average molecular weight is 519 g/mol. The summed E-state index contributed by atoms with van der Waals surface area (Å²) in [6.07, 6.45) is 1.44. The Balaban J connectivity index is 1.58. The Hall–Kier alpha value is -4.27. The molecule has 9 nitrogen and oxygen atoms in total. The molecule has 0 aliphatic rings. The van der Waals surface area contributed by atoms with Crippen LogP contribution in [0.5, 0.6) is 0 Å². The van der Waals surface area contributed by atoms with E-state index in [0.29, 0.717) is 12.1 Å². The quantitative estimate of drug-likeness (QED) is 0.314. The van der Waals surface area contributed by atoms with E-state index in [1.54, 1.807) is 13.1 Å². The zero-order valence-corrected chi connectivity index (χ0v) is 21.9. The van der Waals surface area contributed by atoms with Crippen LogP contribution in [-0.2, 0) is 32.3 Å². The molecule has 0 bridgehead atoms. The molecule has 2 aromatic carbocycles. The van der Waals surface area contributed by atoms with E-state index in [2.05, 4.69) is 20.9 Å². The van der Waals surface area contributed by atoms with Gasteiger partial charge in [-0.15, -0.1) is 0 Å². The third-order valence-corrected chi connectivity index (χ3v) is 5.97. The first-order chi connectivity index (χ1) is 18.3. The van der Waals surface area contributed by atoms with Crippen LogP contribution in [0.15, 0.2) is 66.9 Å². The molecule has 0 spiro atoms. The monoisotopic (exact) mass is 518 g/mol. The number of hydrogen-bond donors (Lipinski definition) is 3. The van der Waals surface area contributed by atoms with Gasteiger partial charge in [-0.1, -0.05) is 75.4 Å². The molecule has 0 radical (unpaired) electrons. The predicted octanol–water partition coefficient (Wildman–Crippen LogP) is 3.66. The van der Waals surface area contributed by atoms with E-state index < -0.39 is 35.8 Å². The van der Waals surface area contributed by atoms with Gasteiger partial charge in [-0.2, -0.15) is 0 Å². The summed E-state index contributed by atoms with van der Waals surface area (Å²) in [6, 6.07) is 16.7. The van der Waals surface area contributed by atoms with Crippen molar-refractivity contribution in [2.45, 2.75) is 58.8 Å². The van der Waals surface area contributed by atoms with Gasteiger partial charge in [0.2, 0.25) is 11.7 Å². The number of Topliss-reactive ketones (excluding diaryl/α,β-unsaturated/α-hetero) is 1. The van der Waals surface area contributed by atoms with Gasteiger partial charge >= 0.3 is 6.09 Å². The first-order valence-electron chi connectivity index (χ1n) is 12.7. The fourth-order valence-corrected chi connectivity index (χ4v) is 3.97. The number of benzene rings is 2. The van der Waals surface area contributed by atoms with Crippen molar-refractivity contribution < 1.29 is 23.9 Å². The van der Waals surface area contributed by atoms with E-state index >= 15 is 0 Å². The lowest BCUT2D eigenvalue weighted by Gasteiger charge is -2.23. The van der Waals surface area contributed by atoms with Gasteiger partial charge in [-0.05, 0) is 35.8 Å². The number of ketones is 1. The Kier molecular flexibility index (Phi) is 10.3. The summed E-state index contributed by atoms with van der Waals surface area (Å²) in [4.78, 5) is 55.2. The minimum atomic E-state index is -1.04. The standard InChI is InChI=1S/C29H34N4O5/c1-4-23(26(34)28(36)31-17-25-22-13-9-8-12-21(22)14-15-30-25)32-27(35)24(16-19(2)3)33-29(37)38-18-20-10-6-5-7-11-20/h5-15,19,23-24H,4,16-18H2,1-3H3,(H,31,36)(H,32,35)(H,33,37)/t23-,24-/m0/s1. The molecule has 3 rings (SSSR count). The number of rotatable bonds is 12. The Bertz CT molecular complexity index is 1260. The van der Waals surface area contributed by atoms with Crippen LogP contribution in [0, 0.1) is 5.92 Å². The summed E-state index contributed by atoms with van der Waals surface area (Å²) >= 11 is 0. The lowest BCUT2D eigenvalue weighted by Crippen LogP contribution is -2.54. The summed E-state index contributed by atoms with van der Waals surface area (Å²) in [5.74, 6) is -2.06. The zero-order chi connectivity index (χ0) is 27.5. The maximum absolute atomic E-state index is 13.0. The van der Waals surface area contributed by atoms with Gasteiger partial charge < -0.3 is 20.7 Å². The minimum Gasteiger partial charge on any atom is -0.445 e. The summed E-state index contributed by atoms with van der Waals surface area (Å²) in [6.45, 7) is 5.65. The second kappa shape index (κ2) is 13.9. The molecular formula is C29H34N4O5. The van der Waals surface area contributed by atoms with Crippen molar-refractivity contribution in [3.63, 3.8) is 0 Å². The summed E-state index contributed by atoms with van der Waals surface area (Å²) in [7, 11) is 0. The minimum absolute atomic E-state index is 0.0600. The van der Waals surface area contributed by atoms with Crippen molar-refractivity contribution in [2.24, 2.45) is 5.92 Å². The van der Waals surface area contributed by atoms with E-state index in [-0.39, 0.29) is 25.5 Å².